The summed E-state index contributed by atoms with van der Waals surface area (Å²) in [6, 6.07) is 22.0. The molecule has 0 bridgehead atoms. The molecule has 1 aliphatic rings. The zero-order valence-electron chi connectivity index (χ0n) is 19.7. The van der Waals surface area contributed by atoms with E-state index in [1.54, 1.807) is 36.4 Å². The molecular weight excluding hydrogens is 446 g/mol. The molecule has 1 amide bonds. The molecule has 1 aliphatic heterocycles. The molecule has 1 fully saturated rings. The zero-order chi connectivity index (χ0) is 24.1. The molecule has 34 heavy (non-hydrogen) atoms. The SMILES string of the molecule is Cc1ccc(N(CC(=O)NCc2ccc(N3CCCC3)cc2)S(=O)(=O)c2ccc(C)cc2)cc1. The van der Waals surface area contributed by atoms with Crippen LogP contribution in [0, 0.1) is 13.8 Å². The van der Waals surface area contributed by atoms with Crippen LogP contribution < -0.4 is 14.5 Å². The van der Waals surface area contributed by atoms with E-state index in [0.29, 0.717) is 12.2 Å². The standard InChI is InChI=1S/C27H31N3O3S/c1-21-5-11-25(12-6-21)30(34(32,33)26-15-7-22(2)8-16-26)20-27(31)28-19-23-9-13-24(14-10-23)29-17-3-4-18-29/h5-16H,3-4,17-20H2,1-2H3,(H,28,31). The van der Waals surface area contributed by atoms with E-state index < -0.39 is 10.0 Å². The summed E-state index contributed by atoms with van der Waals surface area (Å²) in [5.74, 6) is -0.361. The van der Waals surface area contributed by atoms with Gasteiger partial charge in [-0.1, -0.05) is 47.5 Å². The first-order chi connectivity index (χ1) is 16.3. The Balaban J connectivity index is 1.48. The van der Waals surface area contributed by atoms with E-state index in [-0.39, 0.29) is 17.3 Å². The number of rotatable bonds is 8. The number of hydrogen-bond acceptors (Lipinski definition) is 4. The highest BCUT2D eigenvalue weighted by atomic mass is 32.2. The lowest BCUT2D eigenvalue weighted by Crippen LogP contribution is -2.40. The van der Waals surface area contributed by atoms with E-state index in [0.717, 1.165) is 29.8 Å². The lowest BCUT2D eigenvalue weighted by atomic mass is 10.2. The Hall–Kier alpha value is -3.32. The van der Waals surface area contributed by atoms with Crippen LogP contribution in [0.1, 0.15) is 29.5 Å². The average Bonchev–Trinajstić information content (AvgIpc) is 3.37. The number of sulfonamides is 1. The molecular formula is C27H31N3O3S. The Morgan fingerprint density at radius 2 is 1.41 bits per heavy atom. The van der Waals surface area contributed by atoms with E-state index in [1.165, 1.54) is 22.8 Å². The topological polar surface area (TPSA) is 69.7 Å². The number of anilines is 2. The molecule has 178 valence electrons. The van der Waals surface area contributed by atoms with Crippen LogP contribution in [0.2, 0.25) is 0 Å². The largest absolute Gasteiger partial charge is 0.372 e. The van der Waals surface area contributed by atoms with Crippen LogP contribution in [0.25, 0.3) is 0 Å². The van der Waals surface area contributed by atoms with Crippen molar-refractivity contribution in [1.29, 1.82) is 0 Å². The van der Waals surface area contributed by atoms with Crippen molar-refractivity contribution in [2.75, 3.05) is 28.8 Å². The predicted molar refractivity (Wildman–Crippen MR) is 137 cm³/mol. The monoisotopic (exact) mass is 477 g/mol. The van der Waals surface area contributed by atoms with Gasteiger partial charge >= 0.3 is 0 Å². The van der Waals surface area contributed by atoms with E-state index in [1.807, 2.05) is 38.1 Å². The highest BCUT2D eigenvalue weighted by Crippen LogP contribution is 2.24. The Labute approximate surface area is 202 Å². The molecule has 0 radical (unpaired) electrons. The highest BCUT2D eigenvalue weighted by molar-refractivity contribution is 7.92. The fourth-order valence-corrected chi connectivity index (χ4v) is 5.47. The number of carbonyl (C=O) groups excluding carboxylic acids is 1. The van der Waals surface area contributed by atoms with Crippen molar-refractivity contribution in [1.82, 2.24) is 5.32 Å². The second-order valence-corrected chi connectivity index (χ2v) is 10.7. The van der Waals surface area contributed by atoms with Gasteiger partial charge in [0.15, 0.2) is 0 Å². The third-order valence-electron chi connectivity index (χ3n) is 6.12. The van der Waals surface area contributed by atoms with Crippen LogP contribution in [-0.4, -0.2) is 34.0 Å². The van der Waals surface area contributed by atoms with E-state index in [4.69, 9.17) is 0 Å². The van der Waals surface area contributed by atoms with Crippen LogP contribution in [0.5, 0.6) is 0 Å². The Kier molecular flexibility index (Phi) is 7.22. The molecule has 0 unspecified atom stereocenters. The summed E-state index contributed by atoms with van der Waals surface area (Å²) < 4.78 is 28.1. The van der Waals surface area contributed by atoms with Gasteiger partial charge in [0.05, 0.1) is 10.6 Å². The first-order valence-electron chi connectivity index (χ1n) is 11.6. The van der Waals surface area contributed by atoms with Crippen molar-refractivity contribution < 1.29 is 13.2 Å². The van der Waals surface area contributed by atoms with Crippen LogP contribution in [0.15, 0.2) is 77.7 Å². The van der Waals surface area contributed by atoms with Crippen LogP contribution in [-0.2, 0) is 21.4 Å². The summed E-state index contributed by atoms with van der Waals surface area (Å²) in [7, 11) is -3.91. The molecule has 0 aliphatic carbocycles. The fourth-order valence-electron chi connectivity index (χ4n) is 4.05. The lowest BCUT2D eigenvalue weighted by molar-refractivity contribution is -0.119. The minimum absolute atomic E-state index is 0.156. The van der Waals surface area contributed by atoms with Crippen LogP contribution in [0.4, 0.5) is 11.4 Å². The molecule has 7 heteroatoms. The van der Waals surface area contributed by atoms with Gasteiger partial charge in [0.1, 0.15) is 6.54 Å². The van der Waals surface area contributed by atoms with Crippen molar-refractivity contribution in [3.8, 4) is 0 Å². The Morgan fingerprint density at radius 1 is 0.853 bits per heavy atom. The predicted octanol–water partition coefficient (Wildman–Crippen LogP) is 4.42. The van der Waals surface area contributed by atoms with Gasteiger partial charge in [0, 0.05) is 25.3 Å². The summed E-state index contributed by atoms with van der Waals surface area (Å²) in [5.41, 5.74) is 4.60. The summed E-state index contributed by atoms with van der Waals surface area (Å²) in [4.78, 5) is 15.4. The molecule has 3 aromatic carbocycles. The smallest absolute Gasteiger partial charge is 0.264 e. The first kappa shape index (κ1) is 23.8. The van der Waals surface area contributed by atoms with Crippen LogP contribution in [0.3, 0.4) is 0 Å². The number of amides is 1. The summed E-state index contributed by atoms with van der Waals surface area (Å²) in [5, 5.41) is 2.87. The number of nitrogens with zero attached hydrogens (tertiary/aromatic N) is 2. The minimum Gasteiger partial charge on any atom is -0.372 e. The molecule has 0 atom stereocenters. The molecule has 0 aromatic heterocycles. The summed E-state index contributed by atoms with van der Waals surface area (Å²) >= 11 is 0. The molecule has 0 spiro atoms. The van der Waals surface area contributed by atoms with Gasteiger partial charge in [-0.15, -0.1) is 0 Å². The molecule has 1 N–H and O–H groups in total. The first-order valence-corrected chi connectivity index (χ1v) is 13.0. The van der Waals surface area contributed by atoms with Gasteiger partial charge < -0.3 is 10.2 Å². The molecule has 1 heterocycles. The van der Waals surface area contributed by atoms with Gasteiger partial charge in [-0.3, -0.25) is 9.10 Å². The van der Waals surface area contributed by atoms with Gasteiger partial charge in [-0.05, 0) is 68.7 Å². The number of nitrogens with one attached hydrogen (secondary N) is 1. The van der Waals surface area contributed by atoms with Crippen molar-refractivity contribution in [2.45, 2.75) is 38.1 Å². The number of aryl methyl sites for hydroxylation is 2. The average molecular weight is 478 g/mol. The van der Waals surface area contributed by atoms with Gasteiger partial charge in [0.2, 0.25) is 5.91 Å². The van der Waals surface area contributed by atoms with E-state index in [2.05, 4.69) is 22.3 Å². The summed E-state index contributed by atoms with van der Waals surface area (Å²) in [6.45, 7) is 6.04. The maximum Gasteiger partial charge on any atom is 0.264 e. The third-order valence-corrected chi connectivity index (χ3v) is 7.90. The molecule has 1 saturated heterocycles. The van der Waals surface area contributed by atoms with Crippen molar-refractivity contribution in [2.24, 2.45) is 0 Å². The van der Waals surface area contributed by atoms with Crippen molar-refractivity contribution >= 4 is 27.3 Å². The second kappa shape index (κ2) is 10.3. The maximum atomic E-state index is 13.4. The molecule has 3 aromatic rings. The maximum absolute atomic E-state index is 13.4. The second-order valence-electron chi connectivity index (χ2n) is 8.80. The Bertz CT molecular complexity index is 1220. The Morgan fingerprint density at radius 3 is 2.00 bits per heavy atom. The lowest BCUT2D eigenvalue weighted by Gasteiger charge is -2.24. The van der Waals surface area contributed by atoms with Gasteiger partial charge in [-0.2, -0.15) is 0 Å². The fraction of sp³-hybridized carbons (Fsp3) is 0.296. The quantitative estimate of drug-likeness (QED) is 0.522. The minimum atomic E-state index is -3.91. The van der Waals surface area contributed by atoms with Gasteiger partial charge in [0.25, 0.3) is 10.0 Å². The zero-order valence-corrected chi connectivity index (χ0v) is 20.5. The van der Waals surface area contributed by atoms with Crippen molar-refractivity contribution in [3.05, 3.63) is 89.5 Å². The van der Waals surface area contributed by atoms with Crippen LogP contribution >= 0.6 is 0 Å². The third kappa shape index (κ3) is 5.59. The van der Waals surface area contributed by atoms with E-state index >= 15 is 0 Å². The molecule has 6 nitrogen and oxygen atoms in total. The normalized spacial score (nSPS) is 13.6. The number of carbonyl (C=O) groups is 1. The summed E-state index contributed by atoms with van der Waals surface area (Å²) in [6.07, 6.45) is 2.45. The van der Waals surface area contributed by atoms with Gasteiger partial charge in [-0.25, -0.2) is 8.42 Å². The molecule has 0 saturated carbocycles. The molecule has 4 rings (SSSR count). The van der Waals surface area contributed by atoms with Crippen molar-refractivity contribution in [3.63, 3.8) is 0 Å². The number of benzene rings is 3. The highest BCUT2D eigenvalue weighted by Gasteiger charge is 2.27. The van der Waals surface area contributed by atoms with E-state index in [9.17, 15) is 13.2 Å². The number of hydrogen-bond donors (Lipinski definition) is 1.